The molecule has 4 nitrogen and oxygen atoms in total. The van der Waals surface area contributed by atoms with Crippen LogP contribution < -0.4 is 10.5 Å². The zero-order valence-electron chi connectivity index (χ0n) is 10.8. The number of aromatic nitrogens is 1. The minimum absolute atomic E-state index is 0.0130. The second kappa shape index (κ2) is 6.33. The number of nitrogens with zero attached hydrogens (tertiary/aromatic N) is 1. The van der Waals surface area contributed by atoms with Gasteiger partial charge in [-0.05, 0) is 24.1 Å². The van der Waals surface area contributed by atoms with Crippen LogP contribution in [0, 0.1) is 5.41 Å². The van der Waals surface area contributed by atoms with E-state index in [0.29, 0.717) is 12.3 Å². The maximum Gasteiger partial charge on any atom is 0.142 e. The number of benzene rings is 1. The second-order valence-corrected chi connectivity index (χ2v) is 5.08. The summed E-state index contributed by atoms with van der Waals surface area (Å²) in [5, 5.41) is 10.0. The normalized spacial score (nSPS) is 10.4. The van der Waals surface area contributed by atoms with E-state index in [4.69, 9.17) is 15.9 Å². The quantitative estimate of drug-likeness (QED) is 0.628. The number of hydrogen-bond donors (Lipinski definition) is 2. The van der Waals surface area contributed by atoms with Crippen molar-refractivity contribution in [3.63, 3.8) is 0 Å². The number of aryl methyl sites for hydroxylation is 1. The van der Waals surface area contributed by atoms with Gasteiger partial charge >= 0.3 is 0 Å². The third-order valence-corrected chi connectivity index (χ3v) is 3.63. The van der Waals surface area contributed by atoms with E-state index >= 15 is 0 Å². The maximum absolute atomic E-state index is 7.30. The Morgan fingerprint density at radius 3 is 3.00 bits per heavy atom. The fourth-order valence-corrected chi connectivity index (χ4v) is 2.44. The highest BCUT2D eigenvalue weighted by Gasteiger charge is 2.04. The minimum atomic E-state index is 0.0130. The molecule has 0 unspecified atom stereocenters. The summed E-state index contributed by atoms with van der Waals surface area (Å²) in [5.74, 6) is 0.904. The largest absolute Gasteiger partial charge is 0.493 e. The van der Waals surface area contributed by atoms with Crippen molar-refractivity contribution in [1.82, 2.24) is 4.98 Å². The molecule has 0 aliphatic carbocycles. The highest BCUT2D eigenvalue weighted by molar-refractivity contribution is 7.09. The number of ether oxygens (including phenoxy) is 1. The average molecular weight is 275 g/mol. The van der Waals surface area contributed by atoms with Crippen LogP contribution in [0.25, 0.3) is 0 Å². The highest BCUT2D eigenvalue weighted by atomic mass is 32.1. The molecule has 0 spiro atoms. The number of hydrogen-bond acceptors (Lipinski definition) is 4. The molecule has 1 heterocycles. The molecular weight excluding hydrogens is 258 g/mol. The number of thiazole rings is 1. The Balaban J connectivity index is 1.86. The molecule has 100 valence electrons. The Morgan fingerprint density at radius 1 is 1.47 bits per heavy atom. The van der Waals surface area contributed by atoms with Gasteiger partial charge in [-0.3, -0.25) is 5.41 Å². The first-order valence-corrected chi connectivity index (χ1v) is 7.07. The molecule has 0 radical (unpaired) electrons. The van der Waals surface area contributed by atoms with Crippen LogP contribution in [0.5, 0.6) is 5.75 Å². The summed E-state index contributed by atoms with van der Waals surface area (Å²) in [5.41, 5.74) is 7.19. The molecule has 3 N–H and O–H groups in total. The van der Waals surface area contributed by atoms with Crippen molar-refractivity contribution in [2.45, 2.75) is 19.8 Å². The zero-order chi connectivity index (χ0) is 13.7. The Kier molecular flexibility index (Phi) is 4.52. The van der Waals surface area contributed by atoms with Gasteiger partial charge in [0.1, 0.15) is 17.3 Å². The first-order valence-electron chi connectivity index (χ1n) is 6.19. The van der Waals surface area contributed by atoms with E-state index < -0.39 is 0 Å². The molecular formula is C14H17N3OS. The fourth-order valence-electron chi connectivity index (χ4n) is 1.66. The molecule has 2 aromatic rings. The van der Waals surface area contributed by atoms with Gasteiger partial charge in [0, 0.05) is 11.8 Å². The van der Waals surface area contributed by atoms with Crippen LogP contribution in [-0.4, -0.2) is 17.4 Å². The molecule has 19 heavy (non-hydrogen) atoms. The van der Waals surface area contributed by atoms with Gasteiger partial charge in [0.25, 0.3) is 0 Å². The molecule has 1 aromatic heterocycles. The fraction of sp³-hybridized carbons (Fsp3) is 0.286. The Hall–Kier alpha value is -1.88. The molecule has 0 atom stereocenters. The van der Waals surface area contributed by atoms with Gasteiger partial charge in [-0.25, -0.2) is 4.98 Å². The lowest BCUT2D eigenvalue weighted by Crippen LogP contribution is -2.11. The van der Waals surface area contributed by atoms with Crippen LogP contribution in [0.2, 0.25) is 0 Å². The second-order valence-electron chi connectivity index (χ2n) is 4.14. The SMILES string of the molecule is CCc1cccc(OCCc2nc(C(=N)N)cs2)c1. The molecule has 0 saturated carbocycles. The van der Waals surface area contributed by atoms with Gasteiger partial charge in [-0.2, -0.15) is 0 Å². The Labute approximate surface area is 116 Å². The molecule has 5 heteroatoms. The monoisotopic (exact) mass is 275 g/mol. The lowest BCUT2D eigenvalue weighted by atomic mass is 10.2. The van der Waals surface area contributed by atoms with Crippen molar-refractivity contribution in [3.8, 4) is 5.75 Å². The molecule has 0 saturated heterocycles. The van der Waals surface area contributed by atoms with Crippen molar-refractivity contribution >= 4 is 17.2 Å². The van der Waals surface area contributed by atoms with Gasteiger partial charge in [0.15, 0.2) is 0 Å². The third kappa shape index (κ3) is 3.79. The van der Waals surface area contributed by atoms with Crippen molar-refractivity contribution < 1.29 is 4.74 Å². The molecule has 0 bridgehead atoms. The van der Waals surface area contributed by atoms with E-state index in [2.05, 4.69) is 24.0 Å². The van der Waals surface area contributed by atoms with Crippen LogP contribution in [0.3, 0.4) is 0 Å². The van der Waals surface area contributed by atoms with Crippen LogP contribution in [0.15, 0.2) is 29.6 Å². The van der Waals surface area contributed by atoms with E-state index in [9.17, 15) is 0 Å². The summed E-state index contributed by atoms with van der Waals surface area (Å²) in [7, 11) is 0. The predicted octanol–water partition coefficient (Wildman–Crippen LogP) is 2.61. The van der Waals surface area contributed by atoms with Crippen LogP contribution in [-0.2, 0) is 12.8 Å². The van der Waals surface area contributed by atoms with Crippen molar-refractivity contribution in [2.75, 3.05) is 6.61 Å². The first kappa shape index (κ1) is 13.5. The summed E-state index contributed by atoms with van der Waals surface area (Å²) in [6, 6.07) is 8.11. The van der Waals surface area contributed by atoms with E-state index in [1.54, 1.807) is 5.38 Å². The van der Waals surface area contributed by atoms with E-state index in [0.717, 1.165) is 23.6 Å². The third-order valence-electron chi connectivity index (χ3n) is 2.72. The number of nitrogens with two attached hydrogens (primary N) is 1. The maximum atomic E-state index is 7.30. The summed E-state index contributed by atoms with van der Waals surface area (Å²) in [4.78, 5) is 4.26. The summed E-state index contributed by atoms with van der Waals surface area (Å²) in [6.07, 6.45) is 1.74. The van der Waals surface area contributed by atoms with Crippen LogP contribution >= 0.6 is 11.3 Å². The molecule has 0 fully saturated rings. The number of amidine groups is 1. The number of nitrogen functional groups attached to an aromatic ring is 1. The Morgan fingerprint density at radius 2 is 2.32 bits per heavy atom. The van der Waals surface area contributed by atoms with E-state index in [-0.39, 0.29) is 5.84 Å². The van der Waals surface area contributed by atoms with Gasteiger partial charge in [0.2, 0.25) is 0 Å². The Bertz CT molecular complexity index is 565. The summed E-state index contributed by atoms with van der Waals surface area (Å²) in [6.45, 7) is 2.70. The van der Waals surface area contributed by atoms with Crippen molar-refractivity contribution in [3.05, 3.63) is 45.9 Å². The van der Waals surface area contributed by atoms with Gasteiger partial charge < -0.3 is 10.5 Å². The van der Waals surface area contributed by atoms with Crippen molar-refractivity contribution in [2.24, 2.45) is 5.73 Å². The van der Waals surface area contributed by atoms with Crippen molar-refractivity contribution in [1.29, 1.82) is 5.41 Å². The summed E-state index contributed by atoms with van der Waals surface area (Å²) >= 11 is 1.51. The zero-order valence-corrected chi connectivity index (χ0v) is 11.7. The molecule has 1 aromatic carbocycles. The van der Waals surface area contributed by atoms with Gasteiger partial charge in [-0.1, -0.05) is 19.1 Å². The molecule has 0 aliphatic heterocycles. The van der Waals surface area contributed by atoms with Crippen LogP contribution in [0.1, 0.15) is 23.2 Å². The minimum Gasteiger partial charge on any atom is -0.493 e. The number of nitrogens with one attached hydrogen (secondary N) is 1. The molecule has 0 aliphatic rings. The van der Waals surface area contributed by atoms with E-state index in [1.807, 2.05) is 12.1 Å². The molecule has 2 rings (SSSR count). The first-order chi connectivity index (χ1) is 9.19. The molecule has 0 amide bonds. The van der Waals surface area contributed by atoms with Crippen LogP contribution in [0.4, 0.5) is 0 Å². The predicted molar refractivity (Wildman–Crippen MR) is 78.1 cm³/mol. The summed E-state index contributed by atoms with van der Waals surface area (Å²) < 4.78 is 5.70. The van der Waals surface area contributed by atoms with Gasteiger partial charge in [0.05, 0.1) is 11.6 Å². The smallest absolute Gasteiger partial charge is 0.142 e. The average Bonchev–Trinajstić information content (AvgIpc) is 2.88. The van der Waals surface area contributed by atoms with E-state index in [1.165, 1.54) is 16.9 Å². The lowest BCUT2D eigenvalue weighted by Gasteiger charge is -2.06. The topological polar surface area (TPSA) is 72.0 Å². The number of rotatable bonds is 6. The van der Waals surface area contributed by atoms with Gasteiger partial charge in [-0.15, -0.1) is 11.3 Å². The standard InChI is InChI=1S/C14H17N3OS/c1-2-10-4-3-5-11(8-10)18-7-6-13-17-12(9-19-13)14(15)16/h3-5,8-9H,2,6-7H2,1H3,(H3,15,16). The lowest BCUT2D eigenvalue weighted by molar-refractivity contribution is 0.321. The highest BCUT2D eigenvalue weighted by Crippen LogP contribution is 2.15.